The molecule has 1 amide bonds. The number of pyridine rings is 1. The van der Waals surface area contributed by atoms with Crippen LogP contribution >= 0.6 is 23.1 Å². The Labute approximate surface area is 151 Å². The van der Waals surface area contributed by atoms with Crippen LogP contribution < -0.4 is 4.90 Å². The maximum atomic E-state index is 12.9. The van der Waals surface area contributed by atoms with Crippen molar-refractivity contribution in [1.29, 1.82) is 5.41 Å². The molecule has 0 spiro atoms. The number of hydrogen-bond donors (Lipinski definition) is 1. The van der Waals surface area contributed by atoms with Gasteiger partial charge in [0, 0.05) is 36.0 Å². The van der Waals surface area contributed by atoms with E-state index >= 15 is 0 Å². The molecule has 2 heterocycles. The van der Waals surface area contributed by atoms with Crippen molar-refractivity contribution >= 4 is 40.2 Å². The van der Waals surface area contributed by atoms with E-state index < -0.39 is 5.92 Å². The molecule has 128 valence electrons. The molecule has 2 rings (SSSR count). The average molecular weight is 363 g/mol. The lowest BCUT2D eigenvalue weighted by Crippen LogP contribution is -2.42. The number of amides is 1. The molecule has 0 radical (unpaired) electrons. The second kappa shape index (κ2) is 8.39. The average Bonchev–Trinajstić information content (AvgIpc) is 2.95. The van der Waals surface area contributed by atoms with E-state index in [-0.39, 0.29) is 11.9 Å². The van der Waals surface area contributed by atoms with Gasteiger partial charge >= 0.3 is 0 Å². The fourth-order valence-corrected chi connectivity index (χ4v) is 4.16. The van der Waals surface area contributed by atoms with Gasteiger partial charge < -0.3 is 5.41 Å². The molecule has 0 saturated heterocycles. The van der Waals surface area contributed by atoms with E-state index in [1.807, 2.05) is 39.2 Å². The summed E-state index contributed by atoms with van der Waals surface area (Å²) in [5, 5.41) is 9.28. The smallest absolute Gasteiger partial charge is 0.237 e. The number of rotatable bonds is 7. The Morgan fingerprint density at radius 3 is 2.79 bits per heavy atom. The lowest BCUT2D eigenvalue weighted by Gasteiger charge is -2.28. The van der Waals surface area contributed by atoms with Crippen molar-refractivity contribution in [1.82, 2.24) is 9.97 Å². The van der Waals surface area contributed by atoms with Gasteiger partial charge in [-0.25, -0.2) is 4.98 Å². The van der Waals surface area contributed by atoms with Crippen LogP contribution in [0, 0.1) is 18.3 Å². The third-order valence-corrected chi connectivity index (χ3v) is 5.42. The lowest BCUT2D eigenvalue weighted by atomic mass is 10.1. The van der Waals surface area contributed by atoms with Gasteiger partial charge in [0.05, 0.1) is 11.6 Å². The fourth-order valence-electron chi connectivity index (χ4n) is 2.36. The van der Waals surface area contributed by atoms with E-state index in [1.54, 1.807) is 29.1 Å². The minimum Gasteiger partial charge on any atom is -0.312 e. The van der Waals surface area contributed by atoms with E-state index in [2.05, 4.69) is 9.97 Å². The summed E-state index contributed by atoms with van der Waals surface area (Å²) >= 11 is 3.07. The molecule has 0 bridgehead atoms. The first-order valence-corrected chi connectivity index (χ1v) is 9.91. The van der Waals surface area contributed by atoms with Crippen LogP contribution in [0.2, 0.25) is 0 Å². The predicted octanol–water partition coefficient (Wildman–Crippen LogP) is 3.88. The van der Waals surface area contributed by atoms with Gasteiger partial charge in [-0.05, 0) is 39.2 Å². The normalized spacial score (nSPS) is 12.2. The molecule has 0 aliphatic heterocycles. The number of carbonyl (C=O) groups is 1. The van der Waals surface area contributed by atoms with Crippen molar-refractivity contribution in [2.75, 3.05) is 16.9 Å². The number of aryl methyl sites for hydroxylation is 1. The Morgan fingerprint density at radius 2 is 2.25 bits per heavy atom. The zero-order chi connectivity index (χ0) is 17.7. The van der Waals surface area contributed by atoms with E-state index in [4.69, 9.17) is 5.41 Å². The van der Waals surface area contributed by atoms with Gasteiger partial charge in [-0.1, -0.05) is 11.3 Å². The second-order valence-corrected chi connectivity index (χ2v) is 7.57. The fraction of sp³-hybridized carbons (Fsp3) is 0.412. The van der Waals surface area contributed by atoms with Crippen molar-refractivity contribution in [2.45, 2.75) is 26.8 Å². The first-order chi connectivity index (χ1) is 11.5. The molecule has 7 heteroatoms. The molecular weight excluding hydrogens is 340 g/mol. The quantitative estimate of drug-likeness (QED) is 0.759. The molecule has 0 aliphatic carbocycles. The zero-order valence-electron chi connectivity index (χ0n) is 14.3. The van der Waals surface area contributed by atoms with Crippen molar-refractivity contribution < 1.29 is 4.79 Å². The maximum Gasteiger partial charge on any atom is 0.237 e. The van der Waals surface area contributed by atoms with Crippen LogP contribution in [0.4, 0.5) is 5.00 Å². The second-order valence-electron chi connectivity index (χ2n) is 5.68. The summed E-state index contributed by atoms with van der Waals surface area (Å²) in [4.78, 5) is 23.5. The van der Waals surface area contributed by atoms with E-state index in [0.29, 0.717) is 5.75 Å². The predicted molar refractivity (Wildman–Crippen MR) is 103 cm³/mol. The maximum absolute atomic E-state index is 12.9. The monoisotopic (exact) mass is 362 g/mol. The van der Waals surface area contributed by atoms with Crippen molar-refractivity contribution in [3.05, 3.63) is 30.2 Å². The highest BCUT2D eigenvalue weighted by molar-refractivity contribution is 7.98. The Morgan fingerprint density at radius 1 is 1.50 bits per heavy atom. The summed E-state index contributed by atoms with van der Waals surface area (Å²) in [7, 11) is 0. The molecule has 1 atom stereocenters. The summed E-state index contributed by atoms with van der Waals surface area (Å²) in [6.07, 6.45) is 6.69. The number of aromatic nitrogens is 2. The van der Waals surface area contributed by atoms with Crippen LogP contribution in [0.3, 0.4) is 0 Å². The Kier molecular flexibility index (Phi) is 6.51. The van der Waals surface area contributed by atoms with Gasteiger partial charge in [-0.3, -0.25) is 14.7 Å². The first kappa shape index (κ1) is 18.6. The van der Waals surface area contributed by atoms with Crippen molar-refractivity contribution in [3.63, 3.8) is 0 Å². The number of hydrogen-bond acceptors (Lipinski definition) is 6. The van der Waals surface area contributed by atoms with Crippen LogP contribution in [0.5, 0.6) is 0 Å². The first-order valence-electron chi connectivity index (χ1n) is 7.70. The number of thioether (sulfide) groups is 1. The van der Waals surface area contributed by atoms with E-state index in [0.717, 1.165) is 21.3 Å². The number of nitrogens with zero attached hydrogens (tertiary/aromatic N) is 3. The summed E-state index contributed by atoms with van der Waals surface area (Å²) in [6.45, 7) is 5.89. The van der Waals surface area contributed by atoms with Gasteiger partial charge in [-0.15, -0.1) is 0 Å². The van der Waals surface area contributed by atoms with Crippen LogP contribution in [0.1, 0.15) is 19.5 Å². The standard InChI is InChI=1S/C17H22N4OS2/c1-11(2)21(16(22)14(8-18)10-23-4)17-12(3)20-15(24-17)13-6-5-7-19-9-13/h5-9,11,14,18H,10H2,1-4H3. The van der Waals surface area contributed by atoms with Crippen molar-refractivity contribution in [2.24, 2.45) is 5.92 Å². The molecule has 2 aromatic heterocycles. The van der Waals surface area contributed by atoms with Crippen LogP contribution in [-0.2, 0) is 4.79 Å². The molecule has 5 nitrogen and oxygen atoms in total. The number of carbonyl (C=O) groups excluding carboxylic acids is 1. The Hall–Kier alpha value is -1.73. The molecule has 1 N–H and O–H groups in total. The molecule has 2 aromatic rings. The Balaban J connectivity index is 2.40. The highest BCUT2D eigenvalue weighted by Gasteiger charge is 2.29. The molecule has 0 aromatic carbocycles. The molecule has 0 fully saturated rings. The summed E-state index contributed by atoms with van der Waals surface area (Å²) in [5.41, 5.74) is 1.77. The molecule has 24 heavy (non-hydrogen) atoms. The number of thiazole rings is 1. The highest BCUT2D eigenvalue weighted by Crippen LogP contribution is 2.35. The zero-order valence-corrected chi connectivity index (χ0v) is 15.9. The van der Waals surface area contributed by atoms with Crippen molar-refractivity contribution in [3.8, 4) is 10.6 Å². The van der Waals surface area contributed by atoms with Gasteiger partial charge in [0.25, 0.3) is 0 Å². The molecule has 1 unspecified atom stereocenters. The van der Waals surface area contributed by atoms with Crippen LogP contribution in [0.25, 0.3) is 10.6 Å². The number of nitrogens with one attached hydrogen (secondary N) is 1. The largest absolute Gasteiger partial charge is 0.312 e. The molecule has 0 saturated carbocycles. The van der Waals surface area contributed by atoms with Crippen LogP contribution in [0.15, 0.2) is 24.5 Å². The third kappa shape index (κ3) is 4.02. The van der Waals surface area contributed by atoms with Crippen LogP contribution in [-0.4, -0.2) is 40.1 Å². The van der Waals surface area contributed by atoms with E-state index in [9.17, 15) is 4.79 Å². The third-order valence-electron chi connectivity index (χ3n) is 3.52. The SMILES string of the molecule is CSCC(C=N)C(=O)N(c1sc(-c2cccnc2)nc1C)C(C)C. The van der Waals surface area contributed by atoms with Gasteiger partial charge in [0.2, 0.25) is 5.91 Å². The van der Waals surface area contributed by atoms with Gasteiger partial charge in [0.1, 0.15) is 10.0 Å². The lowest BCUT2D eigenvalue weighted by molar-refractivity contribution is -0.120. The van der Waals surface area contributed by atoms with Gasteiger partial charge in [-0.2, -0.15) is 11.8 Å². The minimum absolute atomic E-state index is 0.00250. The highest BCUT2D eigenvalue weighted by atomic mass is 32.2. The topological polar surface area (TPSA) is 69.9 Å². The summed E-state index contributed by atoms with van der Waals surface area (Å²) in [6, 6.07) is 3.84. The van der Waals surface area contributed by atoms with Gasteiger partial charge in [0.15, 0.2) is 0 Å². The molecular formula is C17H22N4OS2. The van der Waals surface area contributed by atoms with E-state index in [1.165, 1.54) is 17.6 Å². The molecule has 0 aliphatic rings. The summed E-state index contributed by atoms with van der Waals surface area (Å²) in [5.74, 6) is 0.156. The summed E-state index contributed by atoms with van der Waals surface area (Å²) < 4.78 is 0. The minimum atomic E-state index is -0.411. The number of anilines is 1. The Bertz CT molecular complexity index is 700.